The van der Waals surface area contributed by atoms with Crippen LogP contribution in [0.5, 0.6) is 0 Å². The number of hydrogen-bond donors (Lipinski definition) is 2. The highest BCUT2D eigenvalue weighted by molar-refractivity contribution is 5.92. The van der Waals surface area contributed by atoms with Crippen LogP contribution in [0, 0.1) is 23.2 Å². The second-order valence-corrected chi connectivity index (χ2v) is 5.76. The summed E-state index contributed by atoms with van der Waals surface area (Å²) in [5.41, 5.74) is 6.97. The SMILES string of the molecule is NCC#Cc1ccc(C(=O)NCC2(C3CC3)CC2)nc1. The van der Waals surface area contributed by atoms with Gasteiger partial charge in [-0.2, -0.15) is 0 Å². The van der Waals surface area contributed by atoms with E-state index in [2.05, 4.69) is 22.1 Å². The summed E-state index contributed by atoms with van der Waals surface area (Å²) in [6.07, 6.45) is 6.81. The summed E-state index contributed by atoms with van der Waals surface area (Å²) >= 11 is 0. The summed E-state index contributed by atoms with van der Waals surface area (Å²) in [4.78, 5) is 16.2. The van der Waals surface area contributed by atoms with Gasteiger partial charge in [0.15, 0.2) is 0 Å². The van der Waals surface area contributed by atoms with Crippen molar-refractivity contribution in [3.8, 4) is 11.8 Å². The monoisotopic (exact) mass is 269 g/mol. The zero-order valence-corrected chi connectivity index (χ0v) is 11.5. The van der Waals surface area contributed by atoms with Crippen LogP contribution in [-0.4, -0.2) is 24.0 Å². The van der Waals surface area contributed by atoms with Crippen molar-refractivity contribution in [1.82, 2.24) is 10.3 Å². The first-order chi connectivity index (χ1) is 9.73. The molecule has 0 aromatic carbocycles. The Balaban J connectivity index is 1.56. The topological polar surface area (TPSA) is 68.0 Å². The van der Waals surface area contributed by atoms with Gasteiger partial charge in [-0.3, -0.25) is 4.79 Å². The molecular weight excluding hydrogens is 250 g/mol. The third kappa shape index (κ3) is 2.83. The lowest BCUT2D eigenvalue weighted by atomic mass is 10.0. The fourth-order valence-corrected chi connectivity index (χ4v) is 2.69. The Hall–Kier alpha value is -1.86. The fraction of sp³-hybridized carbons (Fsp3) is 0.500. The van der Waals surface area contributed by atoms with Crippen molar-refractivity contribution in [1.29, 1.82) is 0 Å². The Morgan fingerprint density at radius 1 is 1.45 bits per heavy atom. The van der Waals surface area contributed by atoms with Gasteiger partial charge in [-0.25, -0.2) is 4.98 Å². The van der Waals surface area contributed by atoms with Crippen LogP contribution in [-0.2, 0) is 0 Å². The van der Waals surface area contributed by atoms with Crippen molar-refractivity contribution in [3.05, 3.63) is 29.6 Å². The normalized spacial score (nSPS) is 18.9. The maximum Gasteiger partial charge on any atom is 0.269 e. The van der Waals surface area contributed by atoms with Crippen LogP contribution in [0.1, 0.15) is 41.7 Å². The number of pyridine rings is 1. The third-order valence-corrected chi connectivity index (χ3v) is 4.27. The summed E-state index contributed by atoms with van der Waals surface area (Å²) in [5.74, 6) is 6.42. The summed E-state index contributed by atoms with van der Waals surface area (Å²) < 4.78 is 0. The number of carbonyl (C=O) groups excluding carboxylic acids is 1. The highest BCUT2D eigenvalue weighted by atomic mass is 16.1. The van der Waals surface area contributed by atoms with E-state index in [1.807, 2.05) is 0 Å². The molecule has 2 saturated carbocycles. The molecule has 0 unspecified atom stereocenters. The van der Waals surface area contributed by atoms with Crippen molar-refractivity contribution >= 4 is 5.91 Å². The van der Waals surface area contributed by atoms with E-state index in [0.717, 1.165) is 18.0 Å². The number of carbonyl (C=O) groups is 1. The third-order valence-electron chi connectivity index (χ3n) is 4.27. The summed E-state index contributed by atoms with van der Waals surface area (Å²) in [6, 6.07) is 3.52. The number of aromatic nitrogens is 1. The molecule has 1 heterocycles. The van der Waals surface area contributed by atoms with Crippen LogP contribution in [0.4, 0.5) is 0 Å². The van der Waals surface area contributed by atoms with Crippen molar-refractivity contribution in [2.24, 2.45) is 17.1 Å². The van der Waals surface area contributed by atoms with E-state index in [0.29, 0.717) is 17.7 Å². The van der Waals surface area contributed by atoms with Gasteiger partial charge in [0.05, 0.1) is 6.54 Å². The number of nitrogens with one attached hydrogen (secondary N) is 1. The molecule has 0 saturated heterocycles. The quantitative estimate of drug-likeness (QED) is 0.810. The van der Waals surface area contributed by atoms with Crippen LogP contribution in [0.3, 0.4) is 0 Å². The maximum absolute atomic E-state index is 12.1. The Morgan fingerprint density at radius 2 is 2.25 bits per heavy atom. The van der Waals surface area contributed by atoms with Gasteiger partial charge in [0, 0.05) is 18.3 Å². The molecule has 1 amide bonds. The molecule has 2 aliphatic rings. The van der Waals surface area contributed by atoms with Gasteiger partial charge in [-0.1, -0.05) is 11.8 Å². The minimum absolute atomic E-state index is 0.0877. The molecule has 0 bridgehead atoms. The molecule has 3 rings (SSSR count). The second-order valence-electron chi connectivity index (χ2n) is 5.76. The van der Waals surface area contributed by atoms with E-state index in [9.17, 15) is 4.79 Å². The molecule has 2 fully saturated rings. The molecule has 3 N–H and O–H groups in total. The average molecular weight is 269 g/mol. The van der Waals surface area contributed by atoms with Gasteiger partial charge in [-0.05, 0) is 49.1 Å². The van der Waals surface area contributed by atoms with Crippen LogP contribution in [0.25, 0.3) is 0 Å². The van der Waals surface area contributed by atoms with Crippen LogP contribution in [0.15, 0.2) is 18.3 Å². The number of nitrogens with two attached hydrogens (primary N) is 1. The van der Waals surface area contributed by atoms with Gasteiger partial charge in [-0.15, -0.1) is 0 Å². The van der Waals surface area contributed by atoms with Gasteiger partial charge < -0.3 is 11.1 Å². The van der Waals surface area contributed by atoms with Crippen molar-refractivity contribution in [2.75, 3.05) is 13.1 Å². The van der Waals surface area contributed by atoms with Gasteiger partial charge >= 0.3 is 0 Å². The van der Waals surface area contributed by atoms with E-state index >= 15 is 0 Å². The van der Waals surface area contributed by atoms with E-state index in [1.165, 1.54) is 25.7 Å². The van der Waals surface area contributed by atoms with Crippen molar-refractivity contribution < 1.29 is 4.79 Å². The molecule has 20 heavy (non-hydrogen) atoms. The Labute approximate surface area is 119 Å². The van der Waals surface area contributed by atoms with Gasteiger partial charge in [0.2, 0.25) is 0 Å². The Bertz CT molecular complexity index is 560. The van der Waals surface area contributed by atoms with Crippen molar-refractivity contribution in [2.45, 2.75) is 25.7 Å². The molecule has 1 aromatic rings. The molecule has 0 aliphatic heterocycles. The molecular formula is C16H19N3O. The fourth-order valence-electron chi connectivity index (χ4n) is 2.69. The van der Waals surface area contributed by atoms with E-state index < -0.39 is 0 Å². The first-order valence-corrected chi connectivity index (χ1v) is 7.17. The number of amides is 1. The van der Waals surface area contributed by atoms with Gasteiger partial charge in [0.1, 0.15) is 5.69 Å². The smallest absolute Gasteiger partial charge is 0.269 e. The maximum atomic E-state index is 12.1. The molecule has 1 aromatic heterocycles. The van der Waals surface area contributed by atoms with Crippen LogP contribution < -0.4 is 11.1 Å². The molecule has 4 heteroatoms. The number of nitrogens with zero attached hydrogens (tertiary/aromatic N) is 1. The van der Waals surface area contributed by atoms with E-state index in [1.54, 1.807) is 18.3 Å². The largest absolute Gasteiger partial charge is 0.350 e. The van der Waals surface area contributed by atoms with Crippen molar-refractivity contribution in [3.63, 3.8) is 0 Å². The van der Waals surface area contributed by atoms with E-state index in [-0.39, 0.29) is 5.91 Å². The second kappa shape index (κ2) is 5.26. The first kappa shape index (κ1) is 13.1. The lowest BCUT2D eigenvalue weighted by molar-refractivity contribution is 0.0937. The predicted octanol–water partition coefficient (Wildman–Crippen LogP) is 1.31. The molecule has 0 spiro atoms. The van der Waals surface area contributed by atoms with E-state index in [4.69, 9.17) is 5.73 Å². The number of rotatable bonds is 4. The summed E-state index contributed by atoms with van der Waals surface area (Å²) in [5, 5.41) is 3.03. The highest BCUT2D eigenvalue weighted by Gasteiger charge is 2.53. The standard InChI is InChI=1S/C16H19N3O/c17-9-1-2-12-3-6-14(18-10-12)15(20)19-11-16(7-8-16)13-4-5-13/h3,6,10,13H,4-5,7-9,11,17H2,(H,19,20). The lowest BCUT2D eigenvalue weighted by Gasteiger charge is -2.14. The van der Waals surface area contributed by atoms with Gasteiger partial charge in [0.25, 0.3) is 5.91 Å². The molecule has 2 aliphatic carbocycles. The predicted molar refractivity (Wildman–Crippen MR) is 76.9 cm³/mol. The zero-order valence-electron chi connectivity index (χ0n) is 11.5. The zero-order chi connectivity index (χ0) is 14.0. The molecule has 4 nitrogen and oxygen atoms in total. The van der Waals surface area contributed by atoms with Crippen LogP contribution in [0.2, 0.25) is 0 Å². The Kier molecular flexibility index (Phi) is 3.45. The first-order valence-electron chi connectivity index (χ1n) is 7.17. The average Bonchev–Trinajstić information content (AvgIpc) is 3.36. The Morgan fingerprint density at radius 3 is 2.80 bits per heavy atom. The molecule has 0 atom stereocenters. The minimum atomic E-state index is -0.0877. The highest BCUT2D eigenvalue weighted by Crippen LogP contribution is 2.60. The molecule has 104 valence electrons. The number of hydrogen-bond acceptors (Lipinski definition) is 3. The summed E-state index contributed by atoms with van der Waals surface area (Å²) in [6.45, 7) is 1.12. The lowest BCUT2D eigenvalue weighted by Crippen LogP contribution is -2.31. The van der Waals surface area contributed by atoms with Crippen LogP contribution >= 0.6 is 0 Å². The minimum Gasteiger partial charge on any atom is -0.350 e. The summed E-state index contributed by atoms with van der Waals surface area (Å²) in [7, 11) is 0. The molecule has 0 radical (unpaired) electrons.